The summed E-state index contributed by atoms with van der Waals surface area (Å²) in [7, 11) is 0. The number of hydrogen-bond donors (Lipinski definition) is 1. The van der Waals surface area contributed by atoms with Crippen LogP contribution >= 0.6 is 0 Å². The molecular weight excluding hydrogens is 112 g/mol. The van der Waals surface area contributed by atoms with Crippen molar-refractivity contribution < 1.29 is 5.11 Å². The van der Waals surface area contributed by atoms with Crippen LogP contribution in [0.25, 0.3) is 0 Å². The van der Waals surface area contributed by atoms with E-state index in [1.54, 1.807) is 0 Å². The molecule has 0 saturated heterocycles. The number of aliphatic hydroxyl groups is 1. The highest BCUT2D eigenvalue weighted by molar-refractivity contribution is 4.71. The van der Waals surface area contributed by atoms with Crippen LogP contribution in [-0.4, -0.2) is 11.7 Å². The molecule has 1 nitrogen and oxygen atoms in total. The van der Waals surface area contributed by atoms with Crippen molar-refractivity contribution in [3.63, 3.8) is 0 Å². The van der Waals surface area contributed by atoms with E-state index in [1.165, 1.54) is 25.7 Å². The lowest BCUT2D eigenvalue weighted by Gasteiger charge is -2.27. The highest BCUT2D eigenvalue weighted by Gasteiger charge is 2.18. The molecule has 0 aromatic carbocycles. The van der Waals surface area contributed by atoms with Gasteiger partial charge in [-0.1, -0.05) is 26.2 Å². The lowest BCUT2D eigenvalue weighted by atomic mass is 9.80. The van der Waals surface area contributed by atoms with Crippen molar-refractivity contribution in [3.8, 4) is 0 Å². The molecule has 0 bridgehead atoms. The van der Waals surface area contributed by atoms with Gasteiger partial charge in [0, 0.05) is 6.61 Å². The molecular formula is C8H16O. The van der Waals surface area contributed by atoms with Crippen LogP contribution < -0.4 is 0 Å². The topological polar surface area (TPSA) is 20.2 Å². The molecule has 0 aromatic rings. The van der Waals surface area contributed by atoms with E-state index in [9.17, 15) is 0 Å². The molecule has 0 heterocycles. The molecule has 0 radical (unpaired) electrons. The van der Waals surface area contributed by atoms with Crippen LogP contribution in [0.15, 0.2) is 0 Å². The number of hydrogen-bond acceptors (Lipinski definition) is 1. The second-order valence-corrected chi connectivity index (χ2v) is 3.32. The van der Waals surface area contributed by atoms with Gasteiger partial charge in [0.1, 0.15) is 0 Å². The molecule has 1 rings (SSSR count). The Morgan fingerprint density at radius 1 is 1.56 bits per heavy atom. The molecule has 0 unspecified atom stereocenters. The van der Waals surface area contributed by atoms with E-state index in [0.717, 1.165) is 5.92 Å². The molecule has 0 spiro atoms. The van der Waals surface area contributed by atoms with E-state index in [2.05, 4.69) is 6.92 Å². The van der Waals surface area contributed by atoms with Gasteiger partial charge in [0.15, 0.2) is 0 Å². The van der Waals surface area contributed by atoms with E-state index in [4.69, 9.17) is 5.11 Å². The Hall–Kier alpha value is -0.0400. The lowest BCUT2D eigenvalue weighted by molar-refractivity contribution is 0.181. The lowest BCUT2D eigenvalue weighted by Crippen LogP contribution is -2.16. The zero-order valence-electron chi connectivity index (χ0n) is 6.14. The van der Waals surface area contributed by atoms with Gasteiger partial charge < -0.3 is 5.11 Å². The third-order valence-electron chi connectivity index (χ3n) is 2.27. The summed E-state index contributed by atoms with van der Waals surface area (Å²) in [4.78, 5) is 0. The van der Waals surface area contributed by atoms with E-state index in [1.807, 2.05) is 0 Å². The molecule has 1 heteroatoms. The normalized spacial score (nSPS) is 23.3. The molecule has 1 aliphatic carbocycles. The average Bonchev–Trinajstić information content (AvgIpc) is 1.78. The van der Waals surface area contributed by atoms with Gasteiger partial charge in [-0.25, -0.2) is 0 Å². The summed E-state index contributed by atoms with van der Waals surface area (Å²) in [6.45, 7) is 2.49. The van der Waals surface area contributed by atoms with Gasteiger partial charge in [-0.15, -0.1) is 0 Å². The van der Waals surface area contributed by atoms with Crippen molar-refractivity contribution in [1.82, 2.24) is 0 Å². The van der Waals surface area contributed by atoms with Gasteiger partial charge in [-0.3, -0.25) is 0 Å². The zero-order valence-corrected chi connectivity index (χ0v) is 6.14. The minimum atomic E-state index is 0.372. The third kappa shape index (κ3) is 1.98. The monoisotopic (exact) mass is 128 g/mol. The predicted molar refractivity (Wildman–Crippen MR) is 38.2 cm³/mol. The van der Waals surface area contributed by atoms with Crippen molar-refractivity contribution in [2.45, 2.75) is 32.6 Å². The van der Waals surface area contributed by atoms with Gasteiger partial charge in [0.2, 0.25) is 0 Å². The molecule has 1 fully saturated rings. The average molecular weight is 128 g/mol. The summed E-state index contributed by atoms with van der Waals surface area (Å²) < 4.78 is 0. The number of aliphatic hydroxyl groups excluding tert-OH is 1. The highest BCUT2D eigenvalue weighted by Crippen LogP contribution is 2.31. The maximum Gasteiger partial charge on any atom is 0.0456 e. The Labute approximate surface area is 57.1 Å². The standard InChI is InChI=1S/C8H16O/c1-7(6-9)5-8-3-2-4-8/h7-9H,2-6H2,1H3/t7-/m0/s1. The Morgan fingerprint density at radius 3 is 2.56 bits per heavy atom. The van der Waals surface area contributed by atoms with Crippen LogP contribution in [0.3, 0.4) is 0 Å². The van der Waals surface area contributed by atoms with Crippen molar-refractivity contribution in [3.05, 3.63) is 0 Å². The van der Waals surface area contributed by atoms with Crippen LogP contribution in [0.1, 0.15) is 32.6 Å². The maximum atomic E-state index is 8.70. The van der Waals surface area contributed by atoms with E-state index in [0.29, 0.717) is 12.5 Å². The van der Waals surface area contributed by atoms with E-state index >= 15 is 0 Å². The Morgan fingerprint density at radius 2 is 2.22 bits per heavy atom. The summed E-state index contributed by atoms with van der Waals surface area (Å²) >= 11 is 0. The van der Waals surface area contributed by atoms with Crippen molar-refractivity contribution in [2.75, 3.05) is 6.61 Å². The molecule has 54 valence electrons. The van der Waals surface area contributed by atoms with Crippen LogP contribution in [0.4, 0.5) is 0 Å². The molecule has 1 N–H and O–H groups in total. The molecule has 1 atom stereocenters. The zero-order chi connectivity index (χ0) is 6.69. The largest absolute Gasteiger partial charge is 0.396 e. The highest BCUT2D eigenvalue weighted by atomic mass is 16.3. The summed E-state index contributed by atoms with van der Waals surface area (Å²) in [5.74, 6) is 1.49. The number of rotatable bonds is 3. The predicted octanol–water partition coefficient (Wildman–Crippen LogP) is 1.80. The van der Waals surface area contributed by atoms with Crippen LogP contribution in [-0.2, 0) is 0 Å². The molecule has 9 heavy (non-hydrogen) atoms. The first-order chi connectivity index (χ1) is 4.33. The first kappa shape index (κ1) is 7.07. The summed E-state index contributed by atoms with van der Waals surface area (Å²) in [6, 6.07) is 0. The first-order valence-electron chi connectivity index (χ1n) is 3.93. The van der Waals surface area contributed by atoms with Gasteiger partial charge >= 0.3 is 0 Å². The minimum Gasteiger partial charge on any atom is -0.396 e. The van der Waals surface area contributed by atoms with Gasteiger partial charge in [-0.05, 0) is 18.3 Å². The van der Waals surface area contributed by atoms with Crippen LogP contribution in [0, 0.1) is 11.8 Å². The molecule has 0 aromatic heterocycles. The third-order valence-corrected chi connectivity index (χ3v) is 2.27. The summed E-state index contributed by atoms with van der Waals surface area (Å²) in [5.41, 5.74) is 0. The fraction of sp³-hybridized carbons (Fsp3) is 1.00. The van der Waals surface area contributed by atoms with Gasteiger partial charge in [0.25, 0.3) is 0 Å². The fourth-order valence-electron chi connectivity index (χ4n) is 1.37. The Balaban J connectivity index is 2.01. The van der Waals surface area contributed by atoms with Crippen LogP contribution in [0.2, 0.25) is 0 Å². The fourth-order valence-corrected chi connectivity index (χ4v) is 1.37. The first-order valence-corrected chi connectivity index (χ1v) is 3.93. The van der Waals surface area contributed by atoms with Gasteiger partial charge in [0.05, 0.1) is 0 Å². The summed E-state index contributed by atoms with van der Waals surface area (Å²) in [6.07, 6.45) is 5.48. The quantitative estimate of drug-likeness (QED) is 0.614. The molecule has 1 saturated carbocycles. The van der Waals surface area contributed by atoms with Crippen LogP contribution in [0.5, 0.6) is 0 Å². The smallest absolute Gasteiger partial charge is 0.0456 e. The van der Waals surface area contributed by atoms with E-state index in [-0.39, 0.29) is 0 Å². The molecule has 0 amide bonds. The Kier molecular flexibility index (Phi) is 2.52. The van der Waals surface area contributed by atoms with Crippen molar-refractivity contribution in [1.29, 1.82) is 0 Å². The minimum absolute atomic E-state index is 0.372. The molecule has 0 aliphatic heterocycles. The maximum absolute atomic E-state index is 8.70. The second kappa shape index (κ2) is 3.21. The summed E-state index contributed by atoms with van der Waals surface area (Å²) in [5, 5.41) is 8.70. The van der Waals surface area contributed by atoms with Gasteiger partial charge in [-0.2, -0.15) is 0 Å². The van der Waals surface area contributed by atoms with Crippen molar-refractivity contribution >= 4 is 0 Å². The Bertz CT molecular complexity index is 73.9. The van der Waals surface area contributed by atoms with Crippen molar-refractivity contribution in [2.24, 2.45) is 11.8 Å². The SMILES string of the molecule is C[C@H](CO)CC1CCC1. The van der Waals surface area contributed by atoms with E-state index < -0.39 is 0 Å². The molecule has 1 aliphatic rings. The second-order valence-electron chi connectivity index (χ2n) is 3.32.